The van der Waals surface area contributed by atoms with Crippen molar-refractivity contribution < 1.29 is 13.2 Å². The van der Waals surface area contributed by atoms with Crippen LogP contribution in [-0.4, -0.2) is 37.7 Å². The van der Waals surface area contributed by atoms with Gasteiger partial charge in [-0.25, -0.2) is 17.7 Å². The van der Waals surface area contributed by atoms with Crippen molar-refractivity contribution >= 4 is 38.1 Å². The average molecular weight is 430 g/mol. The van der Waals surface area contributed by atoms with Gasteiger partial charge in [0.2, 0.25) is 10.0 Å². The number of sulfonamides is 1. The van der Waals surface area contributed by atoms with Crippen molar-refractivity contribution in [2.75, 3.05) is 19.0 Å². The van der Waals surface area contributed by atoms with E-state index in [4.69, 9.17) is 0 Å². The molecule has 0 N–H and O–H groups in total. The molecule has 0 aliphatic carbocycles. The Kier molecular flexibility index (Phi) is 5.88. The minimum Gasteiger partial charge on any atom is -0.268 e. The van der Waals surface area contributed by atoms with Crippen LogP contribution in [0.15, 0.2) is 52.7 Å². The Hall–Kier alpha value is -2.55. The first-order valence-corrected chi connectivity index (χ1v) is 11.3. The SMILES string of the molecule is Cc1csc(N(C(=O)c2cc(C)c(C)c(S(=O)(=O)N(C)C)c2)c2ccccc2)n1. The van der Waals surface area contributed by atoms with E-state index in [9.17, 15) is 13.2 Å². The maximum absolute atomic E-state index is 13.6. The van der Waals surface area contributed by atoms with Crippen molar-refractivity contribution in [2.45, 2.75) is 25.7 Å². The molecule has 0 atom stereocenters. The van der Waals surface area contributed by atoms with Crippen LogP contribution < -0.4 is 4.90 Å². The number of anilines is 2. The summed E-state index contributed by atoms with van der Waals surface area (Å²) in [5, 5.41) is 2.41. The standard InChI is InChI=1S/C21H23N3O3S2/c1-14-11-17(12-19(16(14)3)29(26,27)23(4)5)20(25)24(18-9-7-6-8-10-18)21-22-15(2)13-28-21/h6-13H,1-5H3. The van der Waals surface area contributed by atoms with Crippen molar-refractivity contribution in [3.8, 4) is 0 Å². The Balaban J connectivity index is 2.18. The van der Waals surface area contributed by atoms with Crippen molar-refractivity contribution in [1.29, 1.82) is 0 Å². The van der Waals surface area contributed by atoms with E-state index in [2.05, 4.69) is 4.98 Å². The summed E-state index contributed by atoms with van der Waals surface area (Å²) in [6.07, 6.45) is 0. The molecule has 0 bridgehead atoms. The summed E-state index contributed by atoms with van der Waals surface area (Å²) in [5.41, 5.74) is 3.15. The highest BCUT2D eigenvalue weighted by Gasteiger charge is 2.27. The number of aromatic nitrogens is 1. The molecule has 0 aliphatic rings. The van der Waals surface area contributed by atoms with Crippen LogP contribution in [0.25, 0.3) is 0 Å². The zero-order valence-electron chi connectivity index (χ0n) is 17.0. The average Bonchev–Trinajstić information content (AvgIpc) is 3.10. The van der Waals surface area contributed by atoms with E-state index < -0.39 is 10.0 Å². The van der Waals surface area contributed by atoms with Gasteiger partial charge in [-0.05, 0) is 56.2 Å². The van der Waals surface area contributed by atoms with E-state index >= 15 is 0 Å². The number of hydrogen-bond donors (Lipinski definition) is 0. The molecule has 0 saturated heterocycles. The molecule has 0 spiro atoms. The molecule has 6 nitrogen and oxygen atoms in total. The van der Waals surface area contributed by atoms with Crippen molar-refractivity contribution in [3.63, 3.8) is 0 Å². The molecule has 0 radical (unpaired) electrons. The topological polar surface area (TPSA) is 70.6 Å². The van der Waals surface area contributed by atoms with Gasteiger partial charge in [-0.2, -0.15) is 0 Å². The maximum atomic E-state index is 13.6. The zero-order valence-corrected chi connectivity index (χ0v) is 18.6. The Bertz CT molecular complexity index is 1150. The minimum absolute atomic E-state index is 0.134. The number of carbonyl (C=O) groups excluding carboxylic acids is 1. The highest BCUT2D eigenvalue weighted by molar-refractivity contribution is 7.89. The van der Waals surface area contributed by atoms with Crippen LogP contribution in [0.1, 0.15) is 27.2 Å². The van der Waals surface area contributed by atoms with Gasteiger partial charge in [0.1, 0.15) is 0 Å². The maximum Gasteiger partial charge on any atom is 0.264 e. The molecule has 3 aromatic rings. The van der Waals surface area contributed by atoms with Crippen molar-refractivity contribution in [2.24, 2.45) is 0 Å². The number of carbonyl (C=O) groups is 1. The fraction of sp³-hybridized carbons (Fsp3) is 0.238. The fourth-order valence-electron chi connectivity index (χ4n) is 2.88. The van der Waals surface area contributed by atoms with Gasteiger partial charge < -0.3 is 0 Å². The highest BCUT2D eigenvalue weighted by atomic mass is 32.2. The lowest BCUT2D eigenvalue weighted by atomic mass is 10.1. The lowest BCUT2D eigenvalue weighted by molar-refractivity contribution is 0.0999. The van der Waals surface area contributed by atoms with E-state index in [1.54, 1.807) is 19.9 Å². The largest absolute Gasteiger partial charge is 0.268 e. The second kappa shape index (κ2) is 8.06. The van der Waals surface area contributed by atoms with Gasteiger partial charge in [-0.1, -0.05) is 18.2 Å². The quantitative estimate of drug-likeness (QED) is 0.606. The van der Waals surface area contributed by atoms with E-state index in [1.807, 2.05) is 42.6 Å². The monoisotopic (exact) mass is 429 g/mol. The van der Waals surface area contributed by atoms with Gasteiger partial charge in [0, 0.05) is 25.0 Å². The molecule has 0 fully saturated rings. The van der Waals surface area contributed by atoms with Crippen LogP contribution in [0.4, 0.5) is 10.8 Å². The van der Waals surface area contributed by atoms with Crippen LogP contribution in [-0.2, 0) is 10.0 Å². The van der Waals surface area contributed by atoms with Gasteiger partial charge in [0.05, 0.1) is 16.3 Å². The Labute approximate surface area is 175 Å². The molecule has 1 heterocycles. The number of aryl methyl sites for hydroxylation is 2. The Morgan fingerprint density at radius 2 is 1.69 bits per heavy atom. The third-order valence-electron chi connectivity index (χ3n) is 4.64. The first kappa shape index (κ1) is 21.2. The van der Waals surface area contributed by atoms with Crippen molar-refractivity contribution in [3.05, 3.63) is 70.2 Å². The first-order valence-electron chi connectivity index (χ1n) is 8.98. The van der Waals surface area contributed by atoms with Crippen molar-refractivity contribution in [1.82, 2.24) is 9.29 Å². The molecule has 8 heteroatoms. The summed E-state index contributed by atoms with van der Waals surface area (Å²) in [4.78, 5) is 19.7. The number of nitrogens with zero attached hydrogens (tertiary/aromatic N) is 3. The van der Waals surface area contributed by atoms with Crippen LogP contribution in [0.3, 0.4) is 0 Å². The number of para-hydroxylation sites is 1. The number of benzene rings is 2. The lowest BCUT2D eigenvalue weighted by Crippen LogP contribution is -2.27. The second-order valence-corrected chi connectivity index (χ2v) is 9.91. The van der Waals surface area contributed by atoms with Gasteiger partial charge >= 0.3 is 0 Å². The molecule has 3 rings (SSSR count). The molecule has 152 valence electrons. The van der Waals surface area contributed by atoms with Crippen LogP contribution in [0, 0.1) is 20.8 Å². The van der Waals surface area contributed by atoms with E-state index in [-0.39, 0.29) is 10.8 Å². The van der Waals surface area contributed by atoms with Crippen LogP contribution in [0.5, 0.6) is 0 Å². The highest BCUT2D eigenvalue weighted by Crippen LogP contribution is 2.32. The number of amides is 1. The molecule has 0 saturated carbocycles. The summed E-state index contributed by atoms with van der Waals surface area (Å²) in [6.45, 7) is 5.42. The third kappa shape index (κ3) is 4.10. The Morgan fingerprint density at radius 1 is 1.03 bits per heavy atom. The van der Waals surface area contributed by atoms with E-state index in [1.165, 1.54) is 36.4 Å². The first-order chi connectivity index (χ1) is 13.6. The molecule has 1 aromatic heterocycles. The predicted octanol–water partition coefficient (Wildman–Crippen LogP) is 4.30. The van der Waals surface area contributed by atoms with Gasteiger partial charge in [0.25, 0.3) is 5.91 Å². The van der Waals surface area contributed by atoms with Gasteiger partial charge in [0.15, 0.2) is 5.13 Å². The third-order valence-corrected chi connectivity index (χ3v) is 7.53. The fourth-order valence-corrected chi connectivity index (χ4v) is 4.92. The lowest BCUT2D eigenvalue weighted by Gasteiger charge is -2.22. The summed E-state index contributed by atoms with van der Waals surface area (Å²) >= 11 is 1.36. The Morgan fingerprint density at radius 3 is 2.24 bits per heavy atom. The van der Waals surface area contributed by atoms with Crippen LogP contribution >= 0.6 is 11.3 Å². The summed E-state index contributed by atoms with van der Waals surface area (Å²) < 4.78 is 26.7. The smallest absolute Gasteiger partial charge is 0.264 e. The summed E-state index contributed by atoms with van der Waals surface area (Å²) in [5.74, 6) is -0.330. The van der Waals surface area contributed by atoms with Gasteiger partial charge in [-0.3, -0.25) is 9.69 Å². The predicted molar refractivity (Wildman–Crippen MR) is 117 cm³/mol. The minimum atomic E-state index is -3.69. The van der Waals surface area contributed by atoms with E-state index in [0.29, 0.717) is 21.9 Å². The molecular formula is C21H23N3O3S2. The molecular weight excluding hydrogens is 406 g/mol. The molecule has 0 aliphatic heterocycles. The summed E-state index contributed by atoms with van der Waals surface area (Å²) in [7, 11) is -0.729. The second-order valence-electron chi connectivity index (χ2n) is 6.95. The summed E-state index contributed by atoms with van der Waals surface area (Å²) in [6, 6.07) is 12.4. The normalized spacial score (nSPS) is 11.7. The van der Waals surface area contributed by atoms with E-state index in [0.717, 1.165) is 15.6 Å². The molecule has 0 unspecified atom stereocenters. The number of hydrogen-bond acceptors (Lipinski definition) is 5. The molecule has 1 amide bonds. The zero-order chi connectivity index (χ0) is 21.3. The van der Waals surface area contributed by atoms with Gasteiger partial charge in [-0.15, -0.1) is 11.3 Å². The van der Waals surface area contributed by atoms with Crippen LogP contribution in [0.2, 0.25) is 0 Å². The molecule has 29 heavy (non-hydrogen) atoms. The number of rotatable bonds is 5. The molecule has 2 aromatic carbocycles. The number of thiazole rings is 1.